The topological polar surface area (TPSA) is 29.3 Å². The minimum atomic E-state index is -0.419. The van der Waals surface area contributed by atoms with Crippen molar-refractivity contribution in [1.29, 1.82) is 0 Å². The van der Waals surface area contributed by atoms with Gasteiger partial charge in [-0.15, -0.1) is 0 Å². The number of hydrogen-bond donors (Lipinski definition) is 1. The van der Waals surface area contributed by atoms with Crippen LogP contribution in [0, 0.1) is 23.5 Å². The summed E-state index contributed by atoms with van der Waals surface area (Å²) < 4.78 is 27.2. The first-order valence-electron chi connectivity index (χ1n) is 6.20. The third-order valence-corrected chi connectivity index (χ3v) is 3.37. The number of halogens is 2. The first-order valence-corrected chi connectivity index (χ1v) is 6.20. The molecular weight excluding hydrogens is 234 g/mol. The average Bonchev–Trinajstić information content (AvgIpc) is 2.28. The van der Waals surface area contributed by atoms with Crippen LogP contribution >= 0.6 is 0 Å². The second-order valence-corrected chi connectivity index (χ2v) is 5.22. The van der Waals surface area contributed by atoms with Crippen LogP contribution in [0.4, 0.5) is 8.78 Å². The molecule has 2 nitrogen and oxygen atoms in total. The molecule has 18 heavy (non-hydrogen) atoms. The number of nitrogens with two attached hydrogens (primary N) is 1. The van der Waals surface area contributed by atoms with E-state index < -0.39 is 5.82 Å². The quantitative estimate of drug-likeness (QED) is 0.877. The molecule has 1 aromatic carbocycles. The van der Waals surface area contributed by atoms with Crippen LogP contribution in [-0.4, -0.2) is 25.5 Å². The van der Waals surface area contributed by atoms with Crippen LogP contribution < -0.4 is 5.73 Å². The Morgan fingerprint density at radius 2 is 1.83 bits per heavy atom. The molecule has 102 valence electrons. The fourth-order valence-corrected chi connectivity index (χ4v) is 2.40. The Morgan fingerprint density at radius 1 is 1.22 bits per heavy atom. The van der Waals surface area contributed by atoms with Crippen molar-refractivity contribution in [3.63, 3.8) is 0 Å². The maximum absolute atomic E-state index is 13.9. The van der Waals surface area contributed by atoms with Crippen LogP contribution in [0.2, 0.25) is 0 Å². The van der Waals surface area contributed by atoms with E-state index >= 15 is 0 Å². The molecule has 0 aliphatic carbocycles. The van der Waals surface area contributed by atoms with E-state index in [1.54, 1.807) is 0 Å². The molecule has 0 saturated carbocycles. The summed E-state index contributed by atoms with van der Waals surface area (Å²) in [5.74, 6) is -0.423. The molecule has 4 heteroatoms. The van der Waals surface area contributed by atoms with Gasteiger partial charge in [-0.3, -0.25) is 0 Å². The molecule has 1 aromatic rings. The Labute approximate surface area is 108 Å². The van der Waals surface area contributed by atoms with E-state index in [1.807, 2.05) is 32.8 Å². The van der Waals surface area contributed by atoms with Crippen molar-refractivity contribution in [1.82, 2.24) is 4.90 Å². The first kappa shape index (κ1) is 15.1. The van der Waals surface area contributed by atoms with Gasteiger partial charge in [0.15, 0.2) is 0 Å². The van der Waals surface area contributed by atoms with Gasteiger partial charge < -0.3 is 10.6 Å². The fourth-order valence-electron chi connectivity index (χ4n) is 2.40. The summed E-state index contributed by atoms with van der Waals surface area (Å²) in [5.41, 5.74) is 6.17. The molecule has 0 saturated heterocycles. The highest BCUT2D eigenvalue weighted by atomic mass is 19.1. The Kier molecular flexibility index (Phi) is 5.23. The number of hydrogen-bond acceptors (Lipinski definition) is 2. The lowest BCUT2D eigenvalue weighted by molar-refractivity contribution is 0.171. The minimum Gasteiger partial charge on any atom is -0.330 e. The zero-order valence-electron chi connectivity index (χ0n) is 11.5. The Bertz CT molecular complexity index is 391. The van der Waals surface area contributed by atoms with E-state index in [9.17, 15) is 8.78 Å². The van der Waals surface area contributed by atoms with E-state index in [4.69, 9.17) is 5.73 Å². The molecule has 0 aliphatic rings. The lowest BCUT2D eigenvalue weighted by Gasteiger charge is -2.34. The van der Waals surface area contributed by atoms with Crippen molar-refractivity contribution in [2.24, 2.45) is 17.6 Å². The predicted octanol–water partition coefficient (Wildman–Crippen LogP) is 2.80. The molecule has 0 fully saturated rings. The summed E-state index contributed by atoms with van der Waals surface area (Å²) in [4.78, 5) is 1.90. The monoisotopic (exact) mass is 256 g/mol. The van der Waals surface area contributed by atoms with Crippen LogP contribution in [0.1, 0.15) is 25.5 Å². The zero-order valence-corrected chi connectivity index (χ0v) is 11.5. The Balaban J connectivity index is 3.23. The third kappa shape index (κ3) is 3.27. The third-order valence-electron chi connectivity index (χ3n) is 3.37. The summed E-state index contributed by atoms with van der Waals surface area (Å²) in [6.45, 7) is 4.53. The molecule has 0 aromatic heterocycles. The van der Waals surface area contributed by atoms with Crippen LogP contribution in [0.25, 0.3) is 0 Å². The molecule has 0 heterocycles. The fraction of sp³-hybridized carbons (Fsp3) is 0.571. The van der Waals surface area contributed by atoms with Crippen LogP contribution in [0.15, 0.2) is 18.2 Å². The van der Waals surface area contributed by atoms with Crippen molar-refractivity contribution in [2.45, 2.75) is 19.9 Å². The van der Waals surface area contributed by atoms with E-state index in [-0.39, 0.29) is 17.8 Å². The standard InChI is InChI=1S/C14H22F2N2/c1-9(2)12(8-17)14(18(3)4)11-7-10(15)5-6-13(11)16/h5-7,9,12,14H,8,17H2,1-4H3. The maximum atomic E-state index is 13.9. The van der Waals surface area contributed by atoms with Crippen LogP contribution in [-0.2, 0) is 0 Å². The maximum Gasteiger partial charge on any atom is 0.128 e. The summed E-state index contributed by atoms with van der Waals surface area (Å²) in [6.07, 6.45) is 0. The van der Waals surface area contributed by atoms with E-state index in [1.165, 1.54) is 12.1 Å². The SMILES string of the molecule is CC(C)C(CN)C(c1cc(F)ccc1F)N(C)C. The summed E-state index contributed by atoms with van der Waals surface area (Å²) in [7, 11) is 3.72. The van der Waals surface area contributed by atoms with Crippen molar-refractivity contribution >= 4 is 0 Å². The molecule has 0 bridgehead atoms. The largest absolute Gasteiger partial charge is 0.330 e. The Morgan fingerprint density at radius 3 is 2.28 bits per heavy atom. The van der Waals surface area contributed by atoms with Crippen LogP contribution in [0.5, 0.6) is 0 Å². The summed E-state index contributed by atoms with van der Waals surface area (Å²) in [6, 6.07) is 3.36. The van der Waals surface area contributed by atoms with Gasteiger partial charge in [-0.05, 0) is 50.7 Å². The number of benzene rings is 1. The molecule has 0 amide bonds. The molecule has 2 unspecified atom stereocenters. The lowest BCUT2D eigenvalue weighted by atomic mass is 9.83. The van der Waals surface area contributed by atoms with Crippen molar-refractivity contribution in [2.75, 3.05) is 20.6 Å². The minimum absolute atomic E-state index is 0.0799. The lowest BCUT2D eigenvalue weighted by Crippen LogP contribution is -2.35. The van der Waals surface area contributed by atoms with Gasteiger partial charge in [-0.1, -0.05) is 13.8 Å². The van der Waals surface area contributed by atoms with E-state index in [2.05, 4.69) is 0 Å². The molecule has 0 aliphatic heterocycles. The van der Waals surface area contributed by atoms with Gasteiger partial charge in [0.1, 0.15) is 11.6 Å². The van der Waals surface area contributed by atoms with Crippen LogP contribution in [0.3, 0.4) is 0 Å². The van der Waals surface area contributed by atoms with Gasteiger partial charge in [0.05, 0.1) is 0 Å². The van der Waals surface area contributed by atoms with Crippen molar-refractivity contribution in [3.05, 3.63) is 35.4 Å². The normalized spacial score (nSPS) is 15.2. The summed E-state index contributed by atoms with van der Waals surface area (Å²) >= 11 is 0. The molecule has 2 N–H and O–H groups in total. The highest BCUT2D eigenvalue weighted by molar-refractivity contribution is 5.23. The van der Waals surface area contributed by atoms with Crippen molar-refractivity contribution in [3.8, 4) is 0 Å². The molecule has 0 radical (unpaired) electrons. The molecular formula is C14H22F2N2. The molecule has 1 rings (SSSR count). The van der Waals surface area contributed by atoms with Gasteiger partial charge in [-0.2, -0.15) is 0 Å². The smallest absolute Gasteiger partial charge is 0.128 e. The second-order valence-electron chi connectivity index (χ2n) is 5.22. The van der Waals surface area contributed by atoms with Gasteiger partial charge in [0, 0.05) is 11.6 Å². The highest BCUT2D eigenvalue weighted by Crippen LogP contribution is 2.33. The predicted molar refractivity (Wildman–Crippen MR) is 70.2 cm³/mol. The number of nitrogens with zero attached hydrogens (tertiary/aromatic N) is 1. The number of rotatable bonds is 5. The van der Waals surface area contributed by atoms with Gasteiger partial charge >= 0.3 is 0 Å². The molecule has 0 spiro atoms. The molecule has 2 atom stereocenters. The summed E-state index contributed by atoms with van der Waals surface area (Å²) in [5, 5.41) is 0. The average molecular weight is 256 g/mol. The van der Waals surface area contributed by atoms with Gasteiger partial charge in [-0.25, -0.2) is 8.78 Å². The first-order chi connectivity index (χ1) is 8.38. The van der Waals surface area contributed by atoms with E-state index in [0.29, 0.717) is 18.0 Å². The van der Waals surface area contributed by atoms with Gasteiger partial charge in [0.2, 0.25) is 0 Å². The van der Waals surface area contributed by atoms with Gasteiger partial charge in [0.25, 0.3) is 0 Å². The van der Waals surface area contributed by atoms with Crippen molar-refractivity contribution < 1.29 is 8.78 Å². The zero-order chi connectivity index (χ0) is 13.9. The second kappa shape index (κ2) is 6.25. The van der Waals surface area contributed by atoms with E-state index in [0.717, 1.165) is 6.07 Å². The Hall–Kier alpha value is -1.00. The highest BCUT2D eigenvalue weighted by Gasteiger charge is 2.29.